The van der Waals surface area contributed by atoms with Gasteiger partial charge in [0, 0.05) is 36.2 Å². The van der Waals surface area contributed by atoms with E-state index < -0.39 is 21.2 Å². The number of halogens is 1. The fourth-order valence-electron chi connectivity index (χ4n) is 8.12. The van der Waals surface area contributed by atoms with Crippen molar-refractivity contribution in [2.45, 2.75) is 76.1 Å². The highest BCUT2D eigenvalue weighted by atomic mass is 35.5. The lowest BCUT2D eigenvalue weighted by Crippen LogP contribution is -2.49. The van der Waals surface area contributed by atoms with Crippen LogP contribution in [-0.2, 0) is 26.6 Å². The highest BCUT2D eigenvalue weighted by molar-refractivity contribution is 7.90. The first kappa shape index (κ1) is 31.4. The number of rotatable bonds is 2. The number of amides is 1. The molecular weight excluding hydrogens is 596 g/mol. The third kappa shape index (κ3) is 5.78. The summed E-state index contributed by atoms with van der Waals surface area (Å²) < 4.78 is 42.2. The standard InChI is InChI=1S/C35H45ClN2O5S/c1-5-33-23(3)22(2)8-14-31(42-4)28-12-9-26(28)19-38-20-35(16-6-7-24-17-27(36)11-13-29(24)35)21-43-32-15-10-25(18-30(32)38)34(39)37-44(33,40)41/h8,10-11,13-15,17-18,22-23,26,28,31,33H,5-7,9,12,16,19-21H2,1-4H3,(H,37,39)/b14-8-/t22-,23-,26+,28-,31+,33+,35+/m1/s1. The normalized spacial score (nSPS) is 34.0. The maximum atomic E-state index is 13.6. The van der Waals surface area contributed by atoms with E-state index in [1.807, 2.05) is 39.0 Å². The summed E-state index contributed by atoms with van der Waals surface area (Å²) >= 11 is 6.42. The Morgan fingerprint density at radius 1 is 1.14 bits per heavy atom. The van der Waals surface area contributed by atoms with Crippen molar-refractivity contribution in [3.8, 4) is 5.75 Å². The summed E-state index contributed by atoms with van der Waals surface area (Å²) in [5, 5.41) is 0.0380. The average molecular weight is 641 g/mol. The Kier molecular flexibility index (Phi) is 8.81. The molecule has 2 aliphatic heterocycles. The average Bonchev–Trinajstić information content (AvgIpc) is 3.13. The van der Waals surface area contributed by atoms with Gasteiger partial charge >= 0.3 is 0 Å². The van der Waals surface area contributed by atoms with Crippen LogP contribution in [0.2, 0.25) is 5.02 Å². The van der Waals surface area contributed by atoms with Gasteiger partial charge in [-0.05, 0) is 104 Å². The number of carbonyl (C=O) groups excluding carboxylic acids is 1. The van der Waals surface area contributed by atoms with Crippen LogP contribution in [0, 0.1) is 23.7 Å². The summed E-state index contributed by atoms with van der Waals surface area (Å²) in [5.74, 6) is 0.670. The van der Waals surface area contributed by atoms with Crippen LogP contribution in [0.5, 0.6) is 5.75 Å². The maximum Gasteiger partial charge on any atom is 0.264 e. The monoisotopic (exact) mass is 640 g/mol. The van der Waals surface area contributed by atoms with Gasteiger partial charge in [0.15, 0.2) is 0 Å². The van der Waals surface area contributed by atoms with Gasteiger partial charge in [-0.25, -0.2) is 13.1 Å². The van der Waals surface area contributed by atoms with Crippen LogP contribution in [0.3, 0.4) is 0 Å². The van der Waals surface area contributed by atoms with Crippen molar-refractivity contribution in [1.82, 2.24) is 4.72 Å². The number of nitrogens with one attached hydrogen (secondary N) is 1. The molecule has 2 bridgehead atoms. The van der Waals surface area contributed by atoms with Crippen molar-refractivity contribution in [3.63, 3.8) is 0 Å². The van der Waals surface area contributed by atoms with Gasteiger partial charge in [-0.3, -0.25) is 4.79 Å². The second-order valence-corrected chi connectivity index (χ2v) is 15.9. The molecule has 6 rings (SSSR count). The van der Waals surface area contributed by atoms with Crippen molar-refractivity contribution in [3.05, 3.63) is 70.3 Å². The molecule has 1 saturated carbocycles. The highest BCUT2D eigenvalue weighted by Crippen LogP contribution is 2.47. The van der Waals surface area contributed by atoms with E-state index in [9.17, 15) is 13.2 Å². The van der Waals surface area contributed by atoms with Crippen molar-refractivity contribution in [1.29, 1.82) is 0 Å². The molecule has 9 heteroatoms. The minimum atomic E-state index is -3.93. The number of allylic oxidation sites excluding steroid dienone is 1. The van der Waals surface area contributed by atoms with E-state index in [-0.39, 0.29) is 23.4 Å². The molecule has 0 unspecified atom stereocenters. The van der Waals surface area contributed by atoms with Gasteiger partial charge in [0.25, 0.3) is 5.91 Å². The summed E-state index contributed by atoms with van der Waals surface area (Å²) in [7, 11) is -2.16. The smallest absolute Gasteiger partial charge is 0.264 e. The van der Waals surface area contributed by atoms with Crippen molar-refractivity contribution in [2.75, 3.05) is 31.7 Å². The molecule has 1 N–H and O–H groups in total. The molecule has 0 saturated heterocycles. The molecule has 0 aromatic heterocycles. The number of hydrogen-bond acceptors (Lipinski definition) is 6. The number of hydrogen-bond donors (Lipinski definition) is 1. The lowest BCUT2D eigenvalue weighted by Gasteiger charge is -2.46. The van der Waals surface area contributed by atoms with E-state index in [4.69, 9.17) is 21.1 Å². The first-order valence-corrected chi connectivity index (χ1v) is 18.1. The van der Waals surface area contributed by atoms with Crippen molar-refractivity contribution in [2.24, 2.45) is 23.7 Å². The minimum absolute atomic E-state index is 0.0101. The van der Waals surface area contributed by atoms with Gasteiger partial charge in [0.2, 0.25) is 10.0 Å². The Labute approximate surface area is 267 Å². The van der Waals surface area contributed by atoms with Gasteiger partial charge < -0.3 is 14.4 Å². The van der Waals surface area contributed by atoms with E-state index in [1.54, 1.807) is 13.2 Å². The number of benzene rings is 2. The first-order chi connectivity index (χ1) is 21.0. The van der Waals surface area contributed by atoms with E-state index in [0.29, 0.717) is 30.4 Å². The van der Waals surface area contributed by atoms with Gasteiger partial charge in [-0.1, -0.05) is 50.6 Å². The molecule has 2 aromatic carbocycles. The van der Waals surface area contributed by atoms with Crippen LogP contribution in [0.15, 0.2) is 48.6 Å². The fourth-order valence-corrected chi connectivity index (χ4v) is 10.1. The van der Waals surface area contributed by atoms with E-state index in [2.05, 4.69) is 33.9 Å². The van der Waals surface area contributed by atoms with E-state index in [1.165, 1.54) is 11.1 Å². The lowest BCUT2D eigenvalue weighted by molar-refractivity contribution is 0.0129. The quantitative estimate of drug-likeness (QED) is 0.376. The second-order valence-electron chi connectivity index (χ2n) is 13.5. The van der Waals surface area contributed by atoms with Crippen LogP contribution in [0.4, 0.5) is 5.69 Å². The summed E-state index contributed by atoms with van der Waals surface area (Å²) in [4.78, 5) is 16.0. The number of ether oxygens (including phenoxy) is 2. The van der Waals surface area contributed by atoms with Crippen LogP contribution in [0.1, 0.15) is 74.4 Å². The Morgan fingerprint density at radius 2 is 1.95 bits per heavy atom. The van der Waals surface area contributed by atoms with Crippen LogP contribution in [0.25, 0.3) is 0 Å². The maximum absolute atomic E-state index is 13.6. The van der Waals surface area contributed by atoms with Crippen LogP contribution in [-0.4, -0.2) is 52.5 Å². The molecule has 238 valence electrons. The van der Waals surface area contributed by atoms with E-state index in [0.717, 1.165) is 61.7 Å². The Hall–Kier alpha value is -2.55. The first-order valence-electron chi connectivity index (χ1n) is 16.1. The Morgan fingerprint density at radius 3 is 2.68 bits per heavy atom. The molecule has 1 amide bonds. The van der Waals surface area contributed by atoms with Gasteiger partial charge in [0.1, 0.15) is 5.75 Å². The third-order valence-electron chi connectivity index (χ3n) is 11.0. The number of methoxy groups -OCH3 is 1. The molecule has 1 spiro atoms. The van der Waals surface area contributed by atoms with Gasteiger partial charge in [-0.15, -0.1) is 0 Å². The lowest BCUT2D eigenvalue weighted by atomic mass is 9.68. The molecule has 4 aliphatic rings. The van der Waals surface area contributed by atoms with Crippen molar-refractivity contribution < 1.29 is 22.7 Å². The molecular formula is C35H45ClN2O5S. The fraction of sp³-hybridized carbons (Fsp3) is 0.571. The zero-order chi connectivity index (χ0) is 31.2. The summed E-state index contributed by atoms with van der Waals surface area (Å²) in [6.07, 6.45) is 9.82. The predicted molar refractivity (Wildman–Crippen MR) is 175 cm³/mol. The van der Waals surface area contributed by atoms with Gasteiger partial charge in [-0.2, -0.15) is 0 Å². The van der Waals surface area contributed by atoms with E-state index >= 15 is 0 Å². The number of carbonyl (C=O) groups is 1. The summed E-state index contributed by atoms with van der Waals surface area (Å²) in [6.45, 7) is 7.92. The molecule has 44 heavy (non-hydrogen) atoms. The molecule has 2 heterocycles. The molecule has 0 radical (unpaired) electrons. The SMILES string of the molecule is CC[C@H]1[C@H](C)[C@H](C)/C=C\[C@H](OC)[C@@H]2CC[C@H]2CN2C[C@@]3(CCCc4cc(Cl)ccc43)COc3ccc(cc32)C(=O)NS1(=O)=O. The van der Waals surface area contributed by atoms with Crippen molar-refractivity contribution >= 4 is 33.2 Å². The molecule has 2 aliphatic carbocycles. The topological polar surface area (TPSA) is 84.9 Å². The number of nitrogens with zero attached hydrogens (tertiary/aromatic N) is 1. The largest absolute Gasteiger partial charge is 0.490 e. The second kappa shape index (κ2) is 12.3. The number of sulfonamides is 1. The van der Waals surface area contributed by atoms with Crippen LogP contribution < -0.4 is 14.4 Å². The number of fused-ring (bicyclic) bond motifs is 4. The van der Waals surface area contributed by atoms with Gasteiger partial charge in [0.05, 0.1) is 23.6 Å². The molecule has 7 nitrogen and oxygen atoms in total. The molecule has 7 atom stereocenters. The third-order valence-corrected chi connectivity index (χ3v) is 13.2. The zero-order valence-electron chi connectivity index (χ0n) is 26.2. The zero-order valence-corrected chi connectivity index (χ0v) is 27.8. The summed E-state index contributed by atoms with van der Waals surface area (Å²) in [5.41, 5.74) is 3.48. The predicted octanol–water partition coefficient (Wildman–Crippen LogP) is 6.53. The number of anilines is 1. The molecule has 2 aromatic rings. The molecule has 1 fully saturated rings. The van der Waals surface area contributed by atoms with Crippen LogP contribution >= 0.6 is 11.6 Å². The Bertz CT molecular complexity index is 1540. The highest BCUT2D eigenvalue weighted by Gasteiger charge is 2.44. The summed E-state index contributed by atoms with van der Waals surface area (Å²) in [6, 6.07) is 11.6. The minimum Gasteiger partial charge on any atom is -0.490 e. The number of aryl methyl sites for hydroxylation is 1. The Balaban J connectivity index is 1.44.